The smallest absolute Gasteiger partial charge is 0.247 e. The molecule has 2 heteroatoms. The normalized spacial score (nSPS) is 17.2. The fraction of sp³-hybridized carbons (Fsp3) is 0.500. The van der Waals surface area contributed by atoms with Crippen LogP contribution in [0.25, 0.3) is 0 Å². The van der Waals surface area contributed by atoms with Gasteiger partial charge in [0, 0.05) is 12.1 Å². The van der Waals surface area contributed by atoms with E-state index in [9.17, 15) is 4.79 Å². The third-order valence-electron chi connectivity index (χ3n) is 1.73. The summed E-state index contributed by atoms with van der Waals surface area (Å²) >= 11 is 0. The van der Waals surface area contributed by atoms with Crippen LogP contribution in [0.2, 0.25) is 0 Å². The molecular weight excluding hydrogens is 150 g/mol. The second kappa shape index (κ2) is 4.10. The van der Waals surface area contributed by atoms with Crippen molar-refractivity contribution in [1.82, 2.24) is 5.32 Å². The van der Waals surface area contributed by atoms with Crippen LogP contribution in [0.3, 0.4) is 0 Å². The third kappa shape index (κ3) is 2.53. The van der Waals surface area contributed by atoms with Gasteiger partial charge in [-0.3, -0.25) is 4.79 Å². The number of nitrogens with one attached hydrogen (secondary N) is 1. The maximum atomic E-state index is 11.3. The number of hydrogen-bond acceptors (Lipinski definition) is 1. The van der Waals surface area contributed by atoms with E-state index in [2.05, 4.69) is 19.2 Å². The Kier molecular flexibility index (Phi) is 3.09. The number of carbonyl (C=O) groups excluding carboxylic acids is 1. The molecule has 0 saturated carbocycles. The maximum absolute atomic E-state index is 11.3. The lowest BCUT2D eigenvalue weighted by atomic mass is 10.0. The predicted molar refractivity (Wildman–Crippen MR) is 49.7 cm³/mol. The number of allylic oxidation sites excluding steroid dienone is 2. The Morgan fingerprint density at radius 3 is 3.00 bits per heavy atom. The van der Waals surface area contributed by atoms with Gasteiger partial charge in [0.15, 0.2) is 0 Å². The SMILES string of the molecule is CC(C)CC1=CC=CCNC1=O. The minimum atomic E-state index is 0.0775. The molecule has 0 aliphatic carbocycles. The van der Waals surface area contributed by atoms with Gasteiger partial charge in [-0.1, -0.05) is 32.1 Å². The summed E-state index contributed by atoms with van der Waals surface area (Å²) in [6.07, 6.45) is 6.65. The van der Waals surface area contributed by atoms with Gasteiger partial charge in [-0.05, 0) is 12.3 Å². The van der Waals surface area contributed by atoms with E-state index in [1.165, 1.54) is 0 Å². The van der Waals surface area contributed by atoms with Crippen molar-refractivity contribution in [2.75, 3.05) is 6.54 Å². The van der Waals surface area contributed by atoms with Crippen molar-refractivity contribution in [2.45, 2.75) is 20.3 Å². The average Bonchev–Trinajstić information content (AvgIpc) is 2.16. The molecule has 1 heterocycles. The van der Waals surface area contributed by atoms with Gasteiger partial charge in [0.2, 0.25) is 5.91 Å². The zero-order valence-electron chi connectivity index (χ0n) is 7.63. The molecule has 0 aromatic rings. The van der Waals surface area contributed by atoms with Gasteiger partial charge in [0.1, 0.15) is 0 Å². The van der Waals surface area contributed by atoms with Gasteiger partial charge in [0.05, 0.1) is 0 Å². The Balaban J connectivity index is 2.64. The highest BCUT2D eigenvalue weighted by molar-refractivity contribution is 5.94. The Morgan fingerprint density at radius 1 is 1.58 bits per heavy atom. The van der Waals surface area contributed by atoms with Gasteiger partial charge >= 0.3 is 0 Å². The van der Waals surface area contributed by atoms with Crippen LogP contribution in [-0.2, 0) is 4.79 Å². The number of hydrogen-bond donors (Lipinski definition) is 1. The molecule has 0 fully saturated rings. The van der Waals surface area contributed by atoms with Gasteiger partial charge in [-0.2, -0.15) is 0 Å². The Bertz CT molecular complexity index is 226. The first-order valence-electron chi connectivity index (χ1n) is 4.34. The molecule has 0 spiro atoms. The van der Waals surface area contributed by atoms with Gasteiger partial charge in [0.25, 0.3) is 0 Å². The Morgan fingerprint density at radius 2 is 2.33 bits per heavy atom. The number of rotatable bonds is 2. The standard InChI is InChI=1S/C10H15NO/c1-8(2)7-9-5-3-4-6-11-10(9)12/h3-5,8H,6-7H2,1-2H3,(H,11,12). The minimum Gasteiger partial charge on any atom is -0.349 e. The van der Waals surface area contributed by atoms with Crippen molar-refractivity contribution < 1.29 is 4.79 Å². The van der Waals surface area contributed by atoms with Crippen LogP contribution in [0.4, 0.5) is 0 Å². The Hall–Kier alpha value is -1.05. The van der Waals surface area contributed by atoms with Crippen molar-refractivity contribution >= 4 is 5.91 Å². The molecule has 2 nitrogen and oxygen atoms in total. The highest BCUT2D eigenvalue weighted by atomic mass is 16.1. The lowest BCUT2D eigenvalue weighted by molar-refractivity contribution is -0.117. The highest BCUT2D eigenvalue weighted by Gasteiger charge is 2.10. The molecule has 1 amide bonds. The molecule has 0 radical (unpaired) electrons. The lowest BCUT2D eigenvalue weighted by Gasteiger charge is -2.07. The molecule has 0 aromatic heterocycles. The van der Waals surface area contributed by atoms with Crippen LogP contribution in [0.1, 0.15) is 20.3 Å². The van der Waals surface area contributed by atoms with E-state index in [0.717, 1.165) is 12.0 Å². The van der Waals surface area contributed by atoms with Crippen LogP contribution < -0.4 is 5.32 Å². The quantitative estimate of drug-likeness (QED) is 0.662. The summed E-state index contributed by atoms with van der Waals surface area (Å²) in [7, 11) is 0. The average molecular weight is 165 g/mol. The van der Waals surface area contributed by atoms with Gasteiger partial charge in [-0.15, -0.1) is 0 Å². The molecule has 0 unspecified atom stereocenters. The van der Waals surface area contributed by atoms with Crippen molar-refractivity contribution in [3.8, 4) is 0 Å². The van der Waals surface area contributed by atoms with Gasteiger partial charge < -0.3 is 5.32 Å². The summed E-state index contributed by atoms with van der Waals surface area (Å²) in [5.41, 5.74) is 0.888. The summed E-state index contributed by atoms with van der Waals surface area (Å²) in [6, 6.07) is 0. The molecule has 12 heavy (non-hydrogen) atoms. The van der Waals surface area contributed by atoms with E-state index in [0.29, 0.717) is 12.5 Å². The fourth-order valence-corrected chi connectivity index (χ4v) is 1.19. The van der Waals surface area contributed by atoms with Gasteiger partial charge in [-0.25, -0.2) is 0 Å². The van der Waals surface area contributed by atoms with Crippen molar-refractivity contribution in [2.24, 2.45) is 5.92 Å². The first-order chi connectivity index (χ1) is 5.70. The lowest BCUT2D eigenvalue weighted by Crippen LogP contribution is -2.24. The molecule has 0 aromatic carbocycles. The first-order valence-corrected chi connectivity index (χ1v) is 4.34. The van der Waals surface area contributed by atoms with E-state index in [-0.39, 0.29) is 5.91 Å². The fourth-order valence-electron chi connectivity index (χ4n) is 1.19. The minimum absolute atomic E-state index is 0.0775. The summed E-state index contributed by atoms with van der Waals surface area (Å²) in [5.74, 6) is 0.613. The molecular formula is C10H15NO. The third-order valence-corrected chi connectivity index (χ3v) is 1.73. The molecule has 0 bridgehead atoms. The Labute approximate surface area is 73.4 Å². The molecule has 66 valence electrons. The van der Waals surface area contributed by atoms with E-state index < -0.39 is 0 Å². The second-order valence-corrected chi connectivity index (χ2v) is 3.43. The topological polar surface area (TPSA) is 29.1 Å². The predicted octanol–water partition coefficient (Wildman–Crippen LogP) is 1.64. The molecule has 0 saturated heterocycles. The zero-order chi connectivity index (χ0) is 8.97. The molecule has 0 atom stereocenters. The molecule has 1 N–H and O–H groups in total. The van der Waals surface area contributed by atoms with E-state index in [1.807, 2.05) is 18.2 Å². The molecule has 1 rings (SSSR count). The molecule has 1 aliphatic heterocycles. The van der Waals surface area contributed by atoms with Crippen molar-refractivity contribution in [1.29, 1.82) is 0 Å². The second-order valence-electron chi connectivity index (χ2n) is 3.43. The van der Waals surface area contributed by atoms with Crippen molar-refractivity contribution in [3.63, 3.8) is 0 Å². The first kappa shape index (κ1) is 9.04. The van der Waals surface area contributed by atoms with Crippen LogP contribution in [0.15, 0.2) is 23.8 Å². The summed E-state index contributed by atoms with van der Waals surface area (Å²) in [4.78, 5) is 11.3. The van der Waals surface area contributed by atoms with E-state index in [4.69, 9.17) is 0 Å². The van der Waals surface area contributed by atoms with Crippen LogP contribution in [0.5, 0.6) is 0 Å². The monoisotopic (exact) mass is 165 g/mol. The summed E-state index contributed by atoms with van der Waals surface area (Å²) in [5, 5.41) is 2.81. The number of amides is 1. The van der Waals surface area contributed by atoms with Crippen molar-refractivity contribution in [3.05, 3.63) is 23.8 Å². The largest absolute Gasteiger partial charge is 0.349 e. The van der Waals surface area contributed by atoms with Crippen LogP contribution in [-0.4, -0.2) is 12.5 Å². The van der Waals surface area contributed by atoms with E-state index in [1.54, 1.807) is 0 Å². The zero-order valence-corrected chi connectivity index (χ0v) is 7.63. The molecule has 1 aliphatic rings. The summed E-state index contributed by atoms with van der Waals surface area (Å²) < 4.78 is 0. The maximum Gasteiger partial charge on any atom is 0.247 e. The summed E-state index contributed by atoms with van der Waals surface area (Å²) in [6.45, 7) is 4.88. The van der Waals surface area contributed by atoms with E-state index >= 15 is 0 Å². The highest BCUT2D eigenvalue weighted by Crippen LogP contribution is 2.11. The van der Waals surface area contributed by atoms with Crippen LogP contribution in [0, 0.1) is 5.92 Å². The number of carbonyl (C=O) groups is 1. The van der Waals surface area contributed by atoms with Crippen LogP contribution >= 0.6 is 0 Å².